The minimum absolute atomic E-state index is 0.0702. The van der Waals surface area contributed by atoms with Crippen molar-refractivity contribution in [3.05, 3.63) is 59.7 Å². The Hall–Kier alpha value is -2.62. The van der Waals surface area contributed by atoms with Crippen molar-refractivity contribution in [2.24, 2.45) is 0 Å². The van der Waals surface area contributed by atoms with Crippen molar-refractivity contribution in [1.29, 1.82) is 0 Å². The van der Waals surface area contributed by atoms with Gasteiger partial charge in [0.25, 0.3) is 0 Å². The Morgan fingerprint density at radius 1 is 1.04 bits per heavy atom. The van der Waals surface area contributed by atoms with E-state index in [2.05, 4.69) is 19.2 Å². The second kappa shape index (κ2) is 8.47. The number of para-hydroxylation sites is 1. The Labute approximate surface area is 149 Å². The molecule has 0 saturated carbocycles. The quantitative estimate of drug-likeness (QED) is 0.843. The molecule has 2 rings (SSSR count). The number of anilines is 2. The largest absolute Gasteiger partial charge is 0.326 e. The summed E-state index contributed by atoms with van der Waals surface area (Å²) in [6.07, 6.45) is 0.250. The van der Waals surface area contributed by atoms with E-state index >= 15 is 0 Å². The lowest BCUT2D eigenvalue weighted by Crippen LogP contribution is -2.32. The van der Waals surface area contributed by atoms with Crippen LogP contribution >= 0.6 is 0 Å². The highest BCUT2D eigenvalue weighted by molar-refractivity contribution is 5.95. The Morgan fingerprint density at radius 2 is 1.68 bits per heavy atom. The predicted octanol–water partition coefficient (Wildman–Crippen LogP) is 4.50. The van der Waals surface area contributed by atoms with Crippen molar-refractivity contribution < 1.29 is 9.59 Å². The Bertz CT molecular complexity index is 736. The van der Waals surface area contributed by atoms with Gasteiger partial charge in [-0.25, -0.2) is 0 Å². The summed E-state index contributed by atoms with van der Waals surface area (Å²) in [5, 5.41) is 2.97. The van der Waals surface area contributed by atoms with Crippen LogP contribution < -0.4 is 10.2 Å². The molecule has 1 N–H and O–H groups in total. The zero-order chi connectivity index (χ0) is 18.4. The van der Waals surface area contributed by atoms with E-state index in [-0.39, 0.29) is 18.2 Å². The van der Waals surface area contributed by atoms with Crippen LogP contribution in [0.5, 0.6) is 0 Å². The molecule has 4 heteroatoms. The van der Waals surface area contributed by atoms with Crippen LogP contribution in [0.15, 0.2) is 48.5 Å². The number of nitrogens with zero attached hydrogens (tertiary/aromatic N) is 1. The van der Waals surface area contributed by atoms with E-state index in [0.717, 1.165) is 22.5 Å². The van der Waals surface area contributed by atoms with Crippen LogP contribution in [0, 0.1) is 6.92 Å². The fourth-order valence-electron chi connectivity index (χ4n) is 2.73. The van der Waals surface area contributed by atoms with Crippen molar-refractivity contribution in [1.82, 2.24) is 0 Å². The molecule has 2 aromatic rings. The van der Waals surface area contributed by atoms with Crippen molar-refractivity contribution in [3.63, 3.8) is 0 Å². The molecule has 2 amide bonds. The number of hydrogen-bond acceptors (Lipinski definition) is 2. The number of nitrogens with one attached hydrogen (secondary N) is 1. The van der Waals surface area contributed by atoms with Crippen LogP contribution in [0.1, 0.15) is 44.2 Å². The number of rotatable bonds is 6. The molecule has 0 atom stereocenters. The van der Waals surface area contributed by atoms with Crippen LogP contribution in [0.4, 0.5) is 11.4 Å². The molecule has 4 nitrogen and oxygen atoms in total. The van der Waals surface area contributed by atoms with Crippen LogP contribution in [0.2, 0.25) is 0 Å². The first kappa shape index (κ1) is 18.7. The van der Waals surface area contributed by atoms with Gasteiger partial charge in [-0.2, -0.15) is 0 Å². The molecule has 0 fully saturated rings. The monoisotopic (exact) mass is 338 g/mol. The van der Waals surface area contributed by atoms with Crippen LogP contribution in [0.3, 0.4) is 0 Å². The maximum atomic E-state index is 12.4. The first-order valence-corrected chi connectivity index (χ1v) is 8.62. The molecule has 0 aliphatic carbocycles. The van der Waals surface area contributed by atoms with Gasteiger partial charge in [0.15, 0.2) is 0 Å². The van der Waals surface area contributed by atoms with E-state index in [9.17, 15) is 9.59 Å². The molecule has 0 aliphatic heterocycles. The molecule has 0 bridgehead atoms. The van der Waals surface area contributed by atoms with Crippen molar-refractivity contribution in [3.8, 4) is 0 Å². The van der Waals surface area contributed by atoms with Gasteiger partial charge in [0, 0.05) is 31.3 Å². The normalized spacial score (nSPS) is 10.6. The first-order valence-electron chi connectivity index (χ1n) is 8.62. The van der Waals surface area contributed by atoms with E-state index in [4.69, 9.17) is 0 Å². The number of benzene rings is 2. The summed E-state index contributed by atoms with van der Waals surface area (Å²) in [5.74, 6) is 0.170. The van der Waals surface area contributed by atoms with Gasteiger partial charge in [0.1, 0.15) is 0 Å². The third-order valence-corrected chi connectivity index (χ3v) is 4.15. The Morgan fingerprint density at radius 3 is 2.28 bits per heavy atom. The molecule has 25 heavy (non-hydrogen) atoms. The number of hydrogen-bond donors (Lipinski definition) is 1. The lowest BCUT2D eigenvalue weighted by atomic mass is 10.0. The van der Waals surface area contributed by atoms with Crippen LogP contribution in [-0.4, -0.2) is 18.4 Å². The molecule has 2 aromatic carbocycles. The van der Waals surface area contributed by atoms with Gasteiger partial charge in [0.05, 0.1) is 0 Å². The molecule has 0 aliphatic rings. The molecule has 0 spiro atoms. The Kier molecular flexibility index (Phi) is 6.34. The van der Waals surface area contributed by atoms with E-state index in [1.807, 2.05) is 55.5 Å². The summed E-state index contributed by atoms with van der Waals surface area (Å²) in [7, 11) is 0. The summed E-state index contributed by atoms with van der Waals surface area (Å²) in [4.78, 5) is 25.9. The predicted molar refractivity (Wildman–Crippen MR) is 103 cm³/mol. The van der Waals surface area contributed by atoms with Gasteiger partial charge in [-0.15, -0.1) is 0 Å². The first-order chi connectivity index (χ1) is 11.9. The fraction of sp³-hybridized carbons (Fsp3) is 0.333. The van der Waals surface area contributed by atoms with Gasteiger partial charge in [-0.05, 0) is 36.6 Å². The highest BCUT2D eigenvalue weighted by atomic mass is 16.2. The molecule has 0 aromatic heterocycles. The minimum Gasteiger partial charge on any atom is -0.326 e. The number of carbonyl (C=O) groups excluding carboxylic acids is 2. The van der Waals surface area contributed by atoms with E-state index in [0.29, 0.717) is 12.5 Å². The smallest absolute Gasteiger partial charge is 0.226 e. The maximum absolute atomic E-state index is 12.4. The third kappa shape index (κ3) is 5.18. The summed E-state index contributed by atoms with van der Waals surface area (Å²) >= 11 is 0. The average Bonchev–Trinajstić information content (AvgIpc) is 2.56. The van der Waals surface area contributed by atoms with E-state index in [1.54, 1.807) is 4.90 Å². The zero-order valence-electron chi connectivity index (χ0n) is 15.4. The van der Waals surface area contributed by atoms with E-state index in [1.165, 1.54) is 6.92 Å². The van der Waals surface area contributed by atoms with Crippen LogP contribution in [-0.2, 0) is 9.59 Å². The average molecular weight is 338 g/mol. The summed E-state index contributed by atoms with van der Waals surface area (Å²) in [6, 6.07) is 15.6. The number of amides is 2. The molecule has 0 radical (unpaired) electrons. The van der Waals surface area contributed by atoms with E-state index < -0.39 is 0 Å². The second-order valence-corrected chi connectivity index (χ2v) is 6.55. The summed E-state index contributed by atoms with van der Waals surface area (Å²) < 4.78 is 0. The molecular formula is C21H26N2O2. The standard InChI is InChI=1S/C21H26N2O2/c1-15(2)19-7-5-6-8-20(19)22-21(25)13-14-23(17(4)24)18-11-9-16(3)10-12-18/h5-12,15H,13-14H2,1-4H3,(H,22,25). The molecule has 0 heterocycles. The van der Waals surface area contributed by atoms with Crippen molar-refractivity contribution >= 4 is 23.2 Å². The molecular weight excluding hydrogens is 312 g/mol. The van der Waals surface area contributed by atoms with Gasteiger partial charge in [0.2, 0.25) is 11.8 Å². The lowest BCUT2D eigenvalue weighted by Gasteiger charge is -2.21. The third-order valence-electron chi connectivity index (χ3n) is 4.15. The molecule has 0 saturated heterocycles. The van der Waals surface area contributed by atoms with Gasteiger partial charge in [-0.3, -0.25) is 9.59 Å². The van der Waals surface area contributed by atoms with Gasteiger partial charge < -0.3 is 10.2 Å². The fourth-order valence-corrected chi connectivity index (χ4v) is 2.73. The van der Waals surface area contributed by atoms with Gasteiger partial charge in [-0.1, -0.05) is 49.7 Å². The number of carbonyl (C=O) groups is 2. The van der Waals surface area contributed by atoms with Gasteiger partial charge >= 0.3 is 0 Å². The summed E-state index contributed by atoms with van der Waals surface area (Å²) in [6.45, 7) is 8.07. The number of aryl methyl sites for hydroxylation is 1. The minimum atomic E-state index is -0.0912. The highest BCUT2D eigenvalue weighted by Gasteiger charge is 2.14. The Balaban J connectivity index is 2.02. The van der Waals surface area contributed by atoms with Crippen molar-refractivity contribution in [2.75, 3.05) is 16.8 Å². The maximum Gasteiger partial charge on any atom is 0.226 e. The molecule has 0 unspecified atom stereocenters. The van der Waals surface area contributed by atoms with Crippen LogP contribution in [0.25, 0.3) is 0 Å². The highest BCUT2D eigenvalue weighted by Crippen LogP contribution is 2.24. The second-order valence-electron chi connectivity index (χ2n) is 6.55. The van der Waals surface area contributed by atoms with Crippen molar-refractivity contribution in [2.45, 2.75) is 40.0 Å². The topological polar surface area (TPSA) is 49.4 Å². The summed E-state index contributed by atoms with van der Waals surface area (Å²) in [5.41, 5.74) is 3.90. The molecule has 132 valence electrons. The lowest BCUT2D eigenvalue weighted by molar-refractivity contribution is -0.117. The SMILES string of the molecule is CC(=O)N(CCC(=O)Nc1ccccc1C(C)C)c1ccc(C)cc1. The zero-order valence-corrected chi connectivity index (χ0v) is 15.4.